The first-order chi connectivity index (χ1) is 8.79. The number of rotatable bonds is 5. The van der Waals surface area contributed by atoms with Gasteiger partial charge >= 0.3 is 0 Å². The van der Waals surface area contributed by atoms with E-state index in [-0.39, 0.29) is 0 Å². The van der Waals surface area contributed by atoms with E-state index in [4.69, 9.17) is 9.47 Å². The molecule has 1 heterocycles. The maximum absolute atomic E-state index is 6.00. The molecule has 1 aliphatic heterocycles. The normalized spacial score (nSPS) is 16.8. The first-order valence-electron chi connectivity index (χ1n) is 6.53. The Bertz CT molecular complexity index is 378. The van der Waals surface area contributed by atoms with Crippen LogP contribution in [-0.2, 0) is 11.3 Å². The smallest absolute Gasteiger partial charge is 0.120 e. The second kappa shape index (κ2) is 7.12. The van der Waals surface area contributed by atoms with Gasteiger partial charge in [0, 0.05) is 23.9 Å². The molecule has 3 nitrogen and oxygen atoms in total. The van der Waals surface area contributed by atoms with Crippen LogP contribution in [0.15, 0.2) is 22.7 Å². The maximum Gasteiger partial charge on any atom is 0.120 e. The second-order valence-corrected chi connectivity index (χ2v) is 5.32. The van der Waals surface area contributed by atoms with Crippen LogP contribution in [-0.4, -0.2) is 25.9 Å². The van der Waals surface area contributed by atoms with Gasteiger partial charge in [-0.15, -0.1) is 0 Å². The van der Waals surface area contributed by atoms with Crippen LogP contribution < -0.4 is 10.1 Å². The number of hydrogen-bond donors (Lipinski definition) is 1. The van der Waals surface area contributed by atoms with E-state index in [9.17, 15) is 0 Å². The van der Waals surface area contributed by atoms with Crippen LogP contribution in [0.3, 0.4) is 0 Å². The van der Waals surface area contributed by atoms with Crippen molar-refractivity contribution in [1.82, 2.24) is 5.32 Å². The van der Waals surface area contributed by atoms with Gasteiger partial charge in [-0.1, -0.05) is 22.9 Å². The molecule has 18 heavy (non-hydrogen) atoms. The van der Waals surface area contributed by atoms with Crippen molar-refractivity contribution in [2.45, 2.75) is 32.4 Å². The molecule has 0 amide bonds. The zero-order valence-corrected chi connectivity index (χ0v) is 12.3. The van der Waals surface area contributed by atoms with E-state index < -0.39 is 0 Å². The van der Waals surface area contributed by atoms with Gasteiger partial charge < -0.3 is 14.8 Å². The molecule has 0 aliphatic carbocycles. The molecular weight excluding hydrogens is 294 g/mol. The van der Waals surface area contributed by atoms with Gasteiger partial charge in [-0.05, 0) is 30.3 Å². The lowest BCUT2D eigenvalue weighted by Crippen LogP contribution is -2.25. The molecule has 0 unspecified atom stereocenters. The van der Waals surface area contributed by atoms with E-state index in [1.807, 2.05) is 6.07 Å². The van der Waals surface area contributed by atoms with Crippen molar-refractivity contribution in [2.75, 3.05) is 19.8 Å². The predicted molar refractivity (Wildman–Crippen MR) is 76.0 cm³/mol. The number of benzene rings is 1. The standard InChI is InChI=1S/C14H20BrNO2/c1-2-16-10-11-9-13(3-4-14(11)15)18-12-5-7-17-8-6-12/h3-4,9,12,16H,2,5-8,10H2,1H3. The summed E-state index contributed by atoms with van der Waals surface area (Å²) in [5.74, 6) is 0.956. The largest absolute Gasteiger partial charge is 0.490 e. The third-order valence-electron chi connectivity index (χ3n) is 3.05. The monoisotopic (exact) mass is 313 g/mol. The van der Waals surface area contributed by atoms with Crippen molar-refractivity contribution in [2.24, 2.45) is 0 Å². The highest BCUT2D eigenvalue weighted by Gasteiger charge is 2.15. The van der Waals surface area contributed by atoms with Crippen molar-refractivity contribution >= 4 is 15.9 Å². The van der Waals surface area contributed by atoms with Crippen LogP contribution in [0.1, 0.15) is 25.3 Å². The predicted octanol–water partition coefficient (Wildman–Crippen LogP) is 3.12. The lowest BCUT2D eigenvalue weighted by molar-refractivity contribution is 0.0255. The van der Waals surface area contributed by atoms with Crippen molar-refractivity contribution in [3.05, 3.63) is 28.2 Å². The quantitative estimate of drug-likeness (QED) is 0.906. The molecule has 0 bridgehead atoms. The first kappa shape index (κ1) is 13.8. The van der Waals surface area contributed by atoms with Crippen LogP contribution in [0, 0.1) is 0 Å². The average molecular weight is 314 g/mol. The topological polar surface area (TPSA) is 30.5 Å². The number of nitrogens with one attached hydrogen (secondary N) is 1. The van der Waals surface area contributed by atoms with Gasteiger partial charge in [-0.2, -0.15) is 0 Å². The van der Waals surface area contributed by atoms with E-state index in [1.54, 1.807) is 0 Å². The number of ether oxygens (including phenoxy) is 2. The Morgan fingerprint density at radius 1 is 1.39 bits per heavy atom. The third-order valence-corrected chi connectivity index (χ3v) is 3.83. The number of hydrogen-bond acceptors (Lipinski definition) is 3. The summed E-state index contributed by atoms with van der Waals surface area (Å²) < 4.78 is 12.5. The minimum absolute atomic E-state index is 0.298. The highest BCUT2D eigenvalue weighted by Crippen LogP contribution is 2.24. The lowest BCUT2D eigenvalue weighted by Gasteiger charge is -2.23. The zero-order valence-electron chi connectivity index (χ0n) is 10.7. The maximum atomic E-state index is 6.00. The lowest BCUT2D eigenvalue weighted by atomic mass is 10.1. The molecule has 0 aromatic heterocycles. The summed E-state index contributed by atoms with van der Waals surface area (Å²) in [6, 6.07) is 6.19. The van der Waals surface area contributed by atoms with Gasteiger partial charge in [0.25, 0.3) is 0 Å². The summed E-state index contributed by atoms with van der Waals surface area (Å²) >= 11 is 3.57. The fraction of sp³-hybridized carbons (Fsp3) is 0.571. The number of halogens is 1. The summed E-state index contributed by atoms with van der Waals surface area (Å²) in [5.41, 5.74) is 1.24. The Morgan fingerprint density at radius 3 is 2.89 bits per heavy atom. The summed E-state index contributed by atoms with van der Waals surface area (Å²) in [6.45, 7) is 5.56. The van der Waals surface area contributed by atoms with Gasteiger partial charge in [-0.3, -0.25) is 0 Å². The Balaban J connectivity index is 1.99. The first-order valence-corrected chi connectivity index (χ1v) is 7.32. The highest BCUT2D eigenvalue weighted by molar-refractivity contribution is 9.10. The van der Waals surface area contributed by atoms with Gasteiger partial charge in [0.15, 0.2) is 0 Å². The molecule has 0 atom stereocenters. The Labute approximate surface area is 117 Å². The fourth-order valence-corrected chi connectivity index (χ4v) is 2.39. The van der Waals surface area contributed by atoms with Crippen molar-refractivity contribution in [1.29, 1.82) is 0 Å². The van der Waals surface area contributed by atoms with Crippen molar-refractivity contribution in [3.8, 4) is 5.75 Å². The molecule has 2 rings (SSSR count). The Kier molecular flexibility index (Phi) is 5.47. The molecule has 100 valence electrons. The van der Waals surface area contributed by atoms with E-state index in [0.717, 1.165) is 49.4 Å². The van der Waals surface area contributed by atoms with Crippen molar-refractivity contribution in [3.63, 3.8) is 0 Å². The fourth-order valence-electron chi connectivity index (χ4n) is 2.01. The summed E-state index contributed by atoms with van der Waals surface area (Å²) in [6.07, 6.45) is 2.27. The summed E-state index contributed by atoms with van der Waals surface area (Å²) in [5, 5.41) is 3.33. The molecule has 0 spiro atoms. The molecule has 0 saturated carbocycles. The molecule has 1 aromatic carbocycles. The van der Waals surface area contributed by atoms with Crippen molar-refractivity contribution < 1.29 is 9.47 Å². The SMILES string of the molecule is CCNCc1cc(OC2CCOCC2)ccc1Br. The average Bonchev–Trinajstić information content (AvgIpc) is 2.40. The van der Waals surface area contributed by atoms with Gasteiger partial charge in [0.05, 0.1) is 13.2 Å². The second-order valence-electron chi connectivity index (χ2n) is 4.46. The van der Waals surface area contributed by atoms with Gasteiger partial charge in [0.2, 0.25) is 0 Å². The molecule has 0 radical (unpaired) electrons. The van der Waals surface area contributed by atoms with Gasteiger partial charge in [-0.25, -0.2) is 0 Å². The molecule has 1 saturated heterocycles. The van der Waals surface area contributed by atoms with E-state index in [2.05, 4.69) is 40.3 Å². The minimum atomic E-state index is 0.298. The van der Waals surface area contributed by atoms with E-state index in [1.165, 1.54) is 5.56 Å². The minimum Gasteiger partial charge on any atom is -0.490 e. The molecule has 1 aliphatic rings. The van der Waals surface area contributed by atoms with Crippen LogP contribution in [0.5, 0.6) is 5.75 Å². The molecule has 1 N–H and O–H groups in total. The Morgan fingerprint density at radius 2 is 2.17 bits per heavy atom. The van der Waals surface area contributed by atoms with Crippen LogP contribution in [0.25, 0.3) is 0 Å². The van der Waals surface area contributed by atoms with Crippen LogP contribution in [0.4, 0.5) is 0 Å². The highest BCUT2D eigenvalue weighted by atomic mass is 79.9. The van der Waals surface area contributed by atoms with Gasteiger partial charge in [0.1, 0.15) is 11.9 Å². The molecular formula is C14H20BrNO2. The Hall–Kier alpha value is -0.580. The molecule has 4 heteroatoms. The molecule has 1 fully saturated rings. The summed E-state index contributed by atoms with van der Waals surface area (Å²) in [7, 11) is 0. The van der Waals surface area contributed by atoms with Crippen LogP contribution >= 0.6 is 15.9 Å². The zero-order chi connectivity index (χ0) is 12.8. The van der Waals surface area contributed by atoms with E-state index >= 15 is 0 Å². The molecule has 1 aromatic rings. The third kappa shape index (κ3) is 3.97. The van der Waals surface area contributed by atoms with E-state index in [0.29, 0.717) is 6.10 Å². The van der Waals surface area contributed by atoms with Crippen LogP contribution in [0.2, 0.25) is 0 Å². The summed E-state index contributed by atoms with van der Waals surface area (Å²) in [4.78, 5) is 0.